The third-order valence-corrected chi connectivity index (χ3v) is 6.67. The van der Waals surface area contributed by atoms with Crippen molar-refractivity contribution >= 4 is 33.2 Å². The van der Waals surface area contributed by atoms with Crippen LogP contribution < -0.4 is 14.4 Å². The average Bonchev–Trinajstić information content (AvgIpc) is 2.77. The number of carbonyl (C=O) groups excluding carboxylic acids is 1. The molecular formula is C23H23ClN2O4S. The van der Waals surface area contributed by atoms with Crippen LogP contribution >= 0.6 is 11.6 Å². The van der Waals surface area contributed by atoms with Crippen molar-refractivity contribution in [3.63, 3.8) is 0 Å². The summed E-state index contributed by atoms with van der Waals surface area (Å²) in [5, 5.41) is 3.38. The number of para-hydroxylation sites is 1. The van der Waals surface area contributed by atoms with Gasteiger partial charge in [-0.2, -0.15) is 0 Å². The minimum Gasteiger partial charge on any atom is -0.492 e. The van der Waals surface area contributed by atoms with Crippen LogP contribution in [0.4, 0.5) is 5.69 Å². The Labute approximate surface area is 187 Å². The van der Waals surface area contributed by atoms with E-state index in [-0.39, 0.29) is 29.5 Å². The Kier molecular flexibility index (Phi) is 7.20. The molecule has 1 N–H and O–H groups in total. The second-order valence-corrected chi connectivity index (χ2v) is 9.27. The maximum absolute atomic E-state index is 13.0. The number of hydrogen-bond donors (Lipinski definition) is 1. The van der Waals surface area contributed by atoms with E-state index in [1.54, 1.807) is 72.8 Å². The molecular weight excluding hydrogens is 436 g/mol. The number of nitrogens with zero attached hydrogens (tertiary/aromatic N) is 1. The van der Waals surface area contributed by atoms with Crippen LogP contribution in [-0.2, 0) is 10.0 Å². The first-order valence-electron chi connectivity index (χ1n) is 9.60. The van der Waals surface area contributed by atoms with Crippen molar-refractivity contribution in [2.24, 2.45) is 0 Å². The van der Waals surface area contributed by atoms with E-state index >= 15 is 0 Å². The number of ether oxygens (including phenoxy) is 1. The molecule has 0 bridgehead atoms. The number of nitrogens with one attached hydrogen (secondary N) is 1. The molecule has 0 unspecified atom stereocenters. The highest BCUT2D eigenvalue weighted by molar-refractivity contribution is 7.92. The SMILES string of the molecule is Cc1ccc(S(=O)(=O)N(C)c2ccccc2C(=O)NCCOc2ccc(Cl)cc2)cc1. The third-order valence-electron chi connectivity index (χ3n) is 4.64. The largest absolute Gasteiger partial charge is 0.492 e. The molecule has 162 valence electrons. The summed E-state index contributed by atoms with van der Waals surface area (Å²) >= 11 is 5.84. The summed E-state index contributed by atoms with van der Waals surface area (Å²) < 4.78 is 32.7. The molecule has 0 radical (unpaired) electrons. The Morgan fingerprint density at radius 3 is 2.32 bits per heavy atom. The van der Waals surface area contributed by atoms with E-state index < -0.39 is 10.0 Å². The predicted molar refractivity (Wildman–Crippen MR) is 122 cm³/mol. The molecule has 3 rings (SSSR count). The lowest BCUT2D eigenvalue weighted by molar-refractivity contribution is 0.0947. The van der Waals surface area contributed by atoms with Gasteiger partial charge in [0.1, 0.15) is 12.4 Å². The lowest BCUT2D eigenvalue weighted by Crippen LogP contribution is -2.32. The number of anilines is 1. The first kappa shape index (κ1) is 22.7. The summed E-state index contributed by atoms with van der Waals surface area (Å²) in [6.45, 7) is 2.40. The van der Waals surface area contributed by atoms with Crippen molar-refractivity contribution in [3.8, 4) is 5.75 Å². The smallest absolute Gasteiger partial charge is 0.264 e. The molecule has 8 heteroatoms. The number of sulfonamides is 1. The number of benzene rings is 3. The number of hydrogen-bond acceptors (Lipinski definition) is 4. The fourth-order valence-electron chi connectivity index (χ4n) is 2.90. The molecule has 0 fully saturated rings. The van der Waals surface area contributed by atoms with E-state index in [0.29, 0.717) is 16.5 Å². The van der Waals surface area contributed by atoms with Gasteiger partial charge in [0.05, 0.1) is 22.7 Å². The maximum atomic E-state index is 13.0. The summed E-state index contributed by atoms with van der Waals surface area (Å²) in [7, 11) is -2.38. The topological polar surface area (TPSA) is 75.7 Å². The highest BCUT2D eigenvalue weighted by Gasteiger charge is 2.24. The van der Waals surface area contributed by atoms with Gasteiger partial charge < -0.3 is 10.1 Å². The molecule has 0 aliphatic carbocycles. The second kappa shape index (κ2) is 9.85. The summed E-state index contributed by atoms with van der Waals surface area (Å²) in [5.74, 6) is 0.254. The zero-order valence-corrected chi connectivity index (χ0v) is 18.8. The van der Waals surface area contributed by atoms with Crippen LogP contribution in [0, 0.1) is 6.92 Å². The van der Waals surface area contributed by atoms with Crippen molar-refractivity contribution in [3.05, 3.63) is 88.9 Å². The Morgan fingerprint density at radius 1 is 1.00 bits per heavy atom. The van der Waals surface area contributed by atoms with Crippen LogP contribution in [0.5, 0.6) is 5.75 Å². The minimum absolute atomic E-state index is 0.159. The molecule has 3 aromatic carbocycles. The Morgan fingerprint density at radius 2 is 1.65 bits per heavy atom. The molecule has 0 aliphatic heterocycles. The van der Waals surface area contributed by atoms with Gasteiger partial charge in [-0.15, -0.1) is 0 Å². The van der Waals surface area contributed by atoms with E-state index in [9.17, 15) is 13.2 Å². The molecule has 0 spiro atoms. The summed E-state index contributed by atoms with van der Waals surface area (Å²) in [4.78, 5) is 12.9. The van der Waals surface area contributed by atoms with Crippen LogP contribution in [-0.4, -0.2) is 34.5 Å². The number of halogens is 1. The van der Waals surface area contributed by atoms with Crippen LogP contribution in [0.25, 0.3) is 0 Å². The third kappa shape index (κ3) is 5.57. The van der Waals surface area contributed by atoms with E-state index in [1.165, 1.54) is 7.05 Å². The summed E-state index contributed by atoms with van der Waals surface area (Å²) in [6, 6.07) is 20.1. The molecule has 0 atom stereocenters. The first-order valence-corrected chi connectivity index (χ1v) is 11.4. The summed E-state index contributed by atoms with van der Waals surface area (Å²) in [5.41, 5.74) is 1.51. The molecule has 0 aliphatic rings. The lowest BCUT2D eigenvalue weighted by Gasteiger charge is -2.22. The number of amides is 1. The number of carbonyl (C=O) groups is 1. The molecule has 6 nitrogen and oxygen atoms in total. The first-order chi connectivity index (χ1) is 14.8. The molecule has 0 heterocycles. The predicted octanol–water partition coefficient (Wildman–Crippen LogP) is 4.28. The van der Waals surface area contributed by atoms with Crippen LogP contribution in [0.2, 0.25) is 5.02 Å². The highest BCUT2D eigenvalue weighted by atomic mass is 35.5. The monoisotopic (exact) mass is 458 g/mol. The van der Waals surface area contributed by atoms with Crippen LogP contribution in [0.1, 0.15) is 15.9 Å². The van der Waals surface area contributed by atoms with Gasteiger partial charge in [-0.3, -0.25) is 9.10 Å². The van der Waals surface area contributed by atoms with E-state index in [2.05, 4.69) is 5.32 Å². The second-order valence-electron chi connectivity index (χ2n) is 6.86. The van der Waals surface area contributed by atoms with E-state index in [4.69, 9.17) is 16.3 Å². The van der Waals surface area contributed by atoms with Crippen molar-refractivity contribution in [1.82, 2.24) is 5.32 Å². The fraction of sp³-hybridized carbons (Fsp3) is 0.174. The van der Waals surface area contributed by atoms with Crippen molar-refractivity contribution in [1.29, 1.82) is 0 Å². The molecule has 3 aromatic rings. The van der Waals surface area contributed by atoms with Crippen molar-refractivity contribution in [2.45, 2.75) is 11.8 Å². The highest BCUT2D eigenvalue weighted by Crippen LogP contribution is 2.26. The standard InChI is InChI=1S/C23H23ClN2O4S/c1-17-7-13-20(14-8-17)31(28,29)26(2)22-6-4-3-5-21(22)23(27)25-15-16-30-19-11-9-18(24)10-12-19/h3-14H,15-16H2,1-2H3,(H,25,27). The Bertz CT molecular complexity index is 1150. The van der Waals surface area contributed by atoms with Gasteiger partial charge in [-0.05, 0) is 55.5 Å². The van der Waals surface area contributed by atoms with Gasteiger partial charge in [-0.1, -0.05) is 41.4 Å². The molecule has 1 amide bonds. The number of rotatable bonds is 8. The molecule has 31 heavy (non-hydrogen) atoms. The van der Waals surface area contributed by atoms with Crippen LogP contribution in [0.3, 0.4) is 0 Å². The Hall–Kier alpha value is -3.03. The van der Waals surface area contributed by atoms with E-state index in [1.807, 2.05) is 6.92 Å². The lowest BCUT2D eigenvalue weighted by atomic mass is 10.1. The zero-order chi connectivity index (χ0) is 22.4. The van der Waals surface area contributed by atoms with E-state index in [0.717, 1.165) is 9.87 Å². The molecule has 0 aromatic heterocycles. The molecule has 0 saturated carbocycles. The van der Waals surface area contributed by atoms with Crippen molar-refractivity contribution in [2.75, 3.05) is 24.5 Å². The van der Waals surface area contributed by atoms with Crippen molar-refractivity contribution < 1.29 is 17.9 Å². The van der Waals surface area contributed by atoms with Gasteiger partial charge in [0.15, 0.2) is 0 Å². The van der Waals surface area contributed by atoms with Gasteiger partial charge in [0, 0.05) is 12.1 Å². The summed E-state index contributed by atoms with van der Waals surface area (Å²) in [6.07, 6.45) is 0. The Balaban J connectivity index is 1.69. The quantitative estimate of drug-likeness (QED) is 0.511. The van der Waals surface area contributed by atoms with Gasteiger partial charge in [0.2, 0.25) is 0 Å². The number of aryl methyl sites for hydroxylation is 1. The fourth-order valence-corrected chi connectivity index (χ4v) is 4.24. The maximum Gasteiger partial charge on any atom is 0.264 e. The normalized spacial score (nSPS) is 11.1. The average molecular weight is 459 g/mol. The van der Waals surface area contributed by atoms with Gasteiger partial charge in [-0.25, -0.2) is 8.42 Å². The van der Waals surface area contributed by atoms with Gasteiger partial charge >= 0.3 is 0 Å². The van der Waals surface area contributed by atoms with Crippen LogP contribution in [0.15, 0.2) is 77.7 Å². The minimum atomic E-state index is -3.81. The zero-order valence-electron chi connectivity index (χ0n) is 17.2. The molecule has 0 saturated heterocycles. The van der Waals surface area contributed by atoms with Gasteiger partial charge in [0.25, 0.3) is 15.9 Å².